The minimum atomic E-state index is -1.10. The van der Waals surface area contributed by atoms with Gasteiger partial charge in [0.05, 0.1) is 11.4 Å². The van der Waals surface area contributed by atoms with Crippen LogP contribution in [0, 0.1) is 6.92 Å². The van der Waals surface area contributed by atoms with E-state index in [0.29, 0.717) is 16.3 Å². The van der Waals surface area contributed by atoms with Gasteiger partial charge in [0.1, 0.15) is 0 Å². The van der Waals surface area contributed by atoms with E-state index in [9.17, 15) is 4.79 Å². The number of nitrogens with one attached hydrogen (secondary N) is 1. The van der Waals surface area contributed by atoms with Crippen LogP contribution in [0.25, 0.3) is 0 Å². The van der Waals surface area contributed by atoms with Gasteiger partial charge in [-0.3, -0.25) is 4.98 Å². The van der Waals surface area contributed by atoms with Crippen molar-refractivity contribution < 1.29 is 14.7 Å². The number of benzene rings is 1. The highest BCUT2D eigenvalue weighted by atomic mass is 35.5. The number of hydrogen-bond acceptors (Lipinski definition) is 4. The van der Waals surface area contributed by atoms with E-state index < -0.39 is 6.09 Å². The van der Waals surface area contributed by atoms with Crippen molar-refractivity contribution in [2.45, 2.75) is 27.0 Å². The van der Waals surface area contributed by atoms with Crippen molar-refractivity contribution in [3.63, 3.8) is 0 Å². The number of nitrogens with zero attached hydrogens (tertiary/aromatic N) is 2. The molecule has 0 unspecified atom stereocenters. The zero-order valence-electron chi connectivity index (χ0n) is 13.4. The first-order valence-corrected chi connectivity index (χ1v) is 7.68. The molecule has 0 saturated carbocycles. The standard InChI is InChI=1S/C17H18ClN3O3/c1-11-4-3-5-15(20-11)10-24-21-12(2)13-6-7-16(18)14(8-13)9-19-17(22)23/h3-8,19H,9-10H2,1-2H3,(H,22,23). The Morgan fingerprint density at radius 2 is 2.17 bits per heavy atom. The van der Waals surface area contributed by atoms with Gasteiger partial charge in [-0.25, -0.2) is 4.79 Å². The van der Waals surface area contributed by atoms with Crippen molar-refractivity contribution in [2.24, 2.45) is 5.16 Å². The third-order valence-electron chi connectivity index (χ3n) is 3.25. The number of pyridine rings is 1. The van der Waals surface area contributed by atoms with Crippen LogP contribution in [0.5, 0.6) is 0 Å². The Morgan fingerprint density at radius 3 is 2.88 bits per heavy atom. The molecule has 0 aliphatic heterocycles. The second kappa shape index (κ2) is 8.31. The van der Waals surface area contributed by atoms with Gasteiger partial charge in [-0.1, -0.05) is 28.9 Å². The van der Waals surface area contributed by atoms with Crippen LogP contribution >= 0.6 is 11.6 Å². The predicted molar refractivity (Wildman–Crippen MR) is 92.3 cm³/mol. The van der Waals surface area contributed by atoms with Gasteiger partial charge in [-0.05, 0) is 49.2 Å². The average molecular weight is 348 g/mol. The highest BCUT2D eigenvalue weighted by Crippen LogP contribution is 2.18. The fraction of sp³-hybridized carbons (Fsp3) is 0.235. The number of hydrogen-bond donors (Lipinski definition) is 2. The normalized spacial score (nSPS) is 11.2. The quantitative estimate of drug-likeness (QED) is 0.615. The number of rotatable bonds is 6. The van der Waals surface area contributed by atoms with Gasteiger partial charge in [-0.2, -0.15) is 0 Å². The SMILES string of the molecule is CC(=NOCc1cccc(C)n1)c1ccc(Cl)c(CNC(=O)O)c1. The van der Waals surface area contributed by atoms with E-state index in [-0.39, 0.29) is 13.2 Å². The summed E-state index contributed by atoms with van der Waals surface area (Å²) in [6.07, 6.45) is -1.10. The topological polar surface area (TPSA) is 83.8 Å². The van der Waals surface area contributed by atoms with E-state index in [2.05, 4.69) is 15.5 Å². The molecule has 0 bridgehead atoms. The minimum Gasteiger partial charge on any atom is -0.465 e. The van der Waals surface area contributed by atoms with Crippen molar-refractivity contribution in [1.29, 1.82) is 0 Å². The molecule has 6 nitrogen and oxygen atoms in total. The van der Waals surface area contributed by atoms with E-state index in [0.717, 1.165) is 17.0 Å². The molecule has 0 atom stereocenters. The molecule has 2 aromatic rings. The third-order valence-corrected chi connectivity index (χ3v) is 3.62. The molecule has 1 heterocycles. The van der Waals surface area contributed by atoms with Crippen LogP contribution in [0.4, 0.5) is 4.79 Å². The lowest BCUT2D eigenvalue weighted by molar-refractivity contribution is 0.127. The maximum absolute atomic E-state index is 10.6. The molecule has 0 fully saturated rings. The maximum Gasteiger partial charge on any atom is 0.404 e. The van der Waals surface area contributed by atoms with Crippen molar-refractivity contribution in [2.75, 3.05) is 0 Å². The summed E-state index contributed by atoms with van der Waals surface area (Å²) < 4.78 is 0. The summed E-state index contributed by atoms with van der Waals surface area (Å²) in [5.41, 5.74) is 3.86. The van der Waals surface area contributed by atoms with Gasteiger partial charge < -0.3 is 15.3 Å². The van der Waals surface area contributed by atoms with Crippen LogP contribution in [0.1, 0.15) is 29.4 Å². The number of carboxylic acid groups (broad SMARTS) is 1. The fourth-order valence-electron chi connectivity index (χ4n) is 2.03. The van der Waals surface area contributed by atoms with E-state index >= 15 is 0 Å². The van der Waals surface area contributed by atoms with Crippen molar-refractivity contribution in [1.82, 2.24) is 10.3 Å². The number of aromatic nitrogens is 1. The van der Waals surface area contributed by atoms with Crippen molar-refractivity contribution in [3.05, 3.63) is 63.9 Å². The van der Waals surface area contributed by atoms with Gasteiger partial charge in [-0.15, -0.1) is 0 Å². The molecule has 126 valence electrons. The fourth-order valence-corrected chi connectivity index (χ4v) is 2.22. The summed E-state index contributed by atoms with van der Waals surface area (Å²) in [4.78, 5) is 20.3. The summed E-state index contributed by atoms with van der Waals surface area (Å²) in [5, 5.41) is 15.5. The second-order valence-corrected chi connectivity index (χ2v) is 5.59. The van der Waals surface area contributed by atoms with Gasteiger partial charge in [0, 0.05) is 17.3 Å². The van der Waals surface area contributed by atoms with Crippen LogP contribution in [0.2, 0.25) is 5.02 Å². The molecule has 24 heavy (non-hydrogen) atoms. The summed E-state index contributed by atoms with van der Waals surface area (Å²) in [7, 11) is 0. The highest BCUT2D eigenvalue weighted by molar-refractivity contribution is 6.31. The zero-order chi connectivity index (χ0) is 17.5. The number of halogens is 1. The molecule has 0 aliphatic rings. The van der Waals surface area contributed by atoms with Crippen molar-refractivity contribution >= 4 is 23.4 Å². The molecule has 2 rings (SSSR count). The number of amides is 1. The molecule has 1 amide bonds. The van der Waals surface area contributed by atoms with Gasteiger partial charge in [0.25, 0.3) is 0 Å². The van der Waals surface area contributed by atoms with E-state index in [1.54, 1.807) is 25.1 Å². The summed E-state index contributed by atoms with van der Waals surface area (Å²) in [6.45, 7) is 4.13. The van der Waals surface area contributed by atoms with E-state index in [1.807, 2.05) is 25.1 Å². The van der Waals surface area contributed by atoms with Crippen molar-refractivity contribution in [3.8, 4) is 0 Å². The van der Waals surface area contributed by atoms with E-state index in [4.69, 9.17) is 21.5 Å². The molecule has 7 heteroatoms. The zero-order valence-corrected chi connectivity index (χ0v) is 14.2. The van der Waals surface area contributed by atoms with Gasteiger partial charge in [0.15, 0.2) is 6.61 Å². The molecule has 0 aliphatic carbocycles. The van der Waals surface area contributed by atoms with Gasteiger partial charge >= 0.3 is 6.09 Å². The Bertz CT molecular complexity index is 762. The Hall–Kier alpha value is -2.60. The Kier molecular flexibility index (Phi) is 6.14. The second-order valence-electron chi connectivity index (χ2n) is 5.19. The summed E-state index contributed by atoms with van der Waals surface area (Å²) in [6, 6.07) is 11.0. The minimum absolute atomic E-state index is 0.128. The Morgan fingerprint density at radius 1 is 1.38 bits per heavy atom. The molecule has 0 radical (unpaired) electrons. The Labute approximate surface area is 145 Å². The number of carbonyl (C=O) groups is 1. The van der Waals surface area contributed by atoms with Crippen LogP contribution in [-0.2, 0) is 18.0 Å². The molecule has 0 spiro atoms. The molecular formula is C17H18ClN3O3. The smallest absolute Gasteiger partial charge is 0.404 e. The largest absolute Gasteiger partial charge is 0.465 e. The van der Waals surface area contributed by atoms with Gasteiger partial charge in [0.2, 0.25) is 0 Å². The first kappa shape index (κ1) is 17.7. The first-order valence-electron chi connectivity index (χ1n) is 7.30. The summed E-state index contributed by atoms with van der Waals surface area (Å²) >= 11 is 6.07. The monoisotopic (exact) mass is 347 g/mol. The Balaban J connectivity index is 2.04. The van der Waals surface area contributed by atoms with E-state index in [1.165, 1.54) is 0 Å². The lowest BCUT2D eigenvalue weighted by Crippen LogP contribution is -2.20. The van der Waals surface area contributed by atoms with Crippen LogP contribution in [0.3, 0.4) is 0 Å². The lowest BCUT2D eigenvalue weighted by Gasteiger charge is -2.08. The molecule has 2 N–H and O–H groups in total. The molecule has 1 aromatic carbocycles. The van der Waals surface area contributed by atoms with Crippen LogP contribution in [0.15, 0.2) is 41.6 Å². The highest BCUT2D eigenvalue weighted by Gasteiger charge is 2.06. The molecule has 0 saturated heterocycles. The van der Waals surface area contributed by atoms with Crippen LogP contribution < -0.4 is 5.32 Å². The maximum atomic E-state index is 10.6. The lowest BCUT2D eigenvalue weighted by atomic mass is 10.1. The first-order chi connectivity index (χ1) is 11.5. The number of oxime groups is 1. The molecular weight excluding hydrogens is 330 g/mol. The molecule has 1 aromatic heterocycles. The summed E-state index contributed by atoms with van der Waals surface area (Å²) in [5.74, 6) is 0. The average Bonchev–Trinajstić information content (AvgIpc) is 2.54. The number of aryl methyl sites for hydroxylation is 1. The van der Waals surface area contributed by atoms with Crippen LogP contribution in [-0.4, -0.2) is 21.9 Å². The third kappa shape index (κ3) is 5.24. The predicted octanol–water partition coefficient (Wildman–Crippen LogP) is 3.75.